The Morgan fingerprint density at radius 1 is 1.67 bits per heavy atom. The topological polar surface area (TPSA) is 62.0 Å². The Balaban J connectivity index is 2.82. The summed E-state index contributed by atoms with van der Waals surface area (Å²) in [7, 11) is 3.38. The number of ether oxygens (including phenoxy) is 1. The van der Waals surface area contributed by atoms with E-state index >= 15 is 0 Å². The Labute approximate surface area is 96.8 Å². The molecule has 0 amide bonds. The van der Waals surface area contributed by atoms with Crippen molar-refractivity contribution in [2.45, 2.75) is 6.42 Å². The van der Waals surface area contributed by atoms with Crippen LogP contribution in [-0.2, 0) is 0 Å². The lowest BCUT2D eigenvalue weighted by molar-refractivity contribution is 0.394. The van der Waals surface area contributed by atoms with Crippen molar-refractivity contribution < 1.29 is 4.74 Å². The summed E-state index contributed by atoms with van der Waals surface area (Å²) in [5, 5.41) is 8.46. The van der Waals surface area contributed by atoms with Crippen LogP contribution in [0.25, 0.3) is 0 Å². The van der Waals surface area contributed by atoms with Crippen molar-refractivity contribution in [3.8, 4) is 11.9 Å². The highest BCUT2D eigenvalue weighted by atomic mass is 79.9. The monoisotopic (exact) mass is 270 g/mol. The lowest BCUT2D eigenvalue weighted by Crippen LogP contribution is -2.20. The SMILES string of the molecule is COc1nc(N(C)CCC#N)ncc1Br. The molecule has 0 saturated carbocycles. The Hall–Kier alpha value is -1.35. The zero-order valence-electron chi connectivity index (χ0n) is 8.57. The second kappa shape index (κ2) is 5.51. The zero-order chi connectivity index (χ0) is 11.3. The Morgan fingerprint density at radius 3 is 3.00 bits per heavy atom. The van der Waals surface area contributed by atoms with Gasteiger partial charge in [0.25, 0.3) is 0 Å². The van der Waals surface area contributed by atoms with Gasteiger partial charge in [-0.25, -0.2) is 4.98 Å². The lowest BCUT2D eigenvalue weighted by Gasteiger charge is -2.15. The number of nitrogens with zero attached hydrogens (tertiary/aromatic N) is 4. The molecule has 0 atom stereocenters. The van der Waals surface area contributed by atoms with E-state index in [1.807, 2.05) is 7.05 Å². The molecule has 0 aliphatic carbocycles. The molecule has 0 bridgehead atoms. The van der Waals surface area contributed by atoms with E-state index in [0.717, 1.165) is 0 Å². The van der Waals surface area contributed by atoms with Crippen molar-refractivity contribution in [3.63, 3.8) is 0 Å². The van der Waals surface area contributed by atoms with E-state index in [2.05, 4.69) is 32.0 Å². The van der Waals surface area contributed by atoms with Crippen LogP contribution < -0.4 is 9.64 Å². The average Bonchev–Trinajstić information content (AvgIpc) is 2.26. The molecule has 0 saturated heterocycles. The molecule has 80 valence electrons. The average molecular weight is 271 g/mol. The maximum atomic E-state index is 8.46. The summed E-state index contributed by atoms with van der Waals surface area (Å²) in [5.41, 5.74) is 0. The number of rotatable bonds is 4. The largest absolute Gasteiger partial charge is 0.480 e. The molecule has 5 nitrogen and oxygen atoms in total. The maximum Gasteiger partial charge on any atom is 0.232 e. The van der Waals surface area contributed by atoms with Crippen LogP contribution in [-0.4, -0.2) is 30.7 Å². The number of hydrogen-bond donors (Lipinski definition) is 0. The van der Waals surface area contributed by atoms with Gasteiger partial charge in [-0.05, 0) is 15.9 Å². The third-order valence-corrected chi connectivity index (χ3v) is 2.34. The summed E-state index contributed by atoms with van der Waals surface area (Å²) in [6.07, 6.45) is 2.07. The molecule has 0 unspecified atom stereocenters. The van der Waals surface area contributed by atoms with Gasteiger partial charge < -0.3 is 9.64 Å². The van der Waals surface area contributed by atoms with Gasteiger partial charge >= 0.3 is 0 Å². The van der Waals surface area contributed by atoms with Crippen LogP contribution in [0, 0.1) is 11.3 Å². The van der Waals surface area contributed by atoms with Crippen molar-refractivity contribution >= 4 is 21.9 Å². The fraction of sp³-hybridized carbons (Fsp3) is 0.444. The van der Waals surface area contributed by atoms with Crippen LogP contribution >= 0.6 is 15.9 Å². The van der Waals surface area contributed by atoms with Gasteiger partial charge in [0.05, 0.1) is 30.3 Å². The fourth-order valence-electron chi connectivity index (χ4n) is 0.987. The minimum Gasteiger partial charge on any atom is -0.480 e. The van der Waals surface area contributed by atoms with E-state index in [1.54, 1.807) is 18.2 Å². The van der Waals surface area contributed by atoms with E-state index in [0.29, 0.717) is 29.3 Å². The first kappa shape index (κ1) is 11.7. The van der Waals surface area contributed by atoms with Crippen LogP contribution in [0.5, 0.6) is 5.88 Å². The maximum absolute atomic E-state index is 8.46. The van der Waals surface area contributed by atoms with Gasteiger partial charge in [0.1, 0.15) is 0 Å². The first-order chi connectivity index (χ1) is 7.19. The summed E-state index contributed by atoms with van der Waals surface area (Å²) < 4.78 is 5.76. The molecule has 15 heavy (non-hydrogen) atoms. The van der Waals surface area contributed by atoms with E-state index in [4.69, 9.17) is 10.00 Å². The number of hydrogen-bond acceptors (Lipinski definition) is 5. The molecule has 0 radical (unpaired) electrons. The van der Waals surface area contributed by atoms with Crippen molar-refractivity contribution in [1.29, 1.82) is 5.26 Å². The molecule has 0 aliphatic rings. The predicted molar refractivity (Wildman–Crippen MR) is 59.8 cm³/mol. The molecule has 1 aromatic heterocycles. The summed E-state index contributed by atoms with van der Waals surface area (Å²) in [6, 6.07) is 2.07. The van der Waals surface area contributed by atoms with Gasteiger partial charge in [-0.1, -0.05) is 0 Å². The third-order valence-electron chi connectivity index (χ3n) is 1.79. The normalized spacial score (nSPS) is 9.47. The first-order valence-electron chi connectivity index (χ1n) is 4.33. The number of methoxy groups -OCH3 is 1. The van der Waals surface area contributed by atoms with Gasteiger partial charge in [-0.3, -0.25) is 0 Å². The molecule has 6 heteroatoms. The molecule has 0 fully saturated rings. The number of halogens is 1. The van der Waals surface area contributed by atoms with Crippen molar-refractivity contribution in [3.05, 3.63) is 10.7 Å². The minimum absolute atomic E-state index is 0.443. The van der Waals surface area contributed by atoms with Gasteiger partial charge in [-0.15, -0.1) is 0 Å². The fourth-order valence-corrected chi connectivity index (χ4v) is 1.34. The molecule has 1 aromatic rings. The smallest absolute Gasteiger partial charge is 0.232 e. The second-order valence-corrected chi connectivity index (χ2v) is 3.71. The highest BCUT2D eigenvalue weighted by molar-refractivity contribution is 9.10. The van der Waals surface area contributed by atoms with E-state index in [1.165, 1.54) is 0 Å². The summed E-state index contributed by atoms with van der Waals surface area (Å²) in [6.45, 7) is 0.598. The molecular weight excluding hydrogens is 260 g/mol. The minimum atomic E-state index is 0.443. The van der Waals surface area contributed by atoms with Gasteiger partial charge in [-0.2, -0.15) is 10.2 Å². The van der Waals surface area contributed by atoms with Crippen molar-refractivity contribution in [1.82, 2.24) is 9.97 Å². The van der Waals surface area contributed by atoms with Crippen LogP contribution in [0.3, 0.4) is 0 Å². The molecule has 0 aromatic carbocycles. The van der Waals surface area contributed by atoms with Crippen molar-refractivity contribution in [2.24, 2.45) is 0 Å². The van der Waals surface area contributed by atoms with Crippen LogP contribution in [0.2, 0.25) is 0 Å². The summed E-state index contributed by atoms with van der Waals surface area (Å²) in [4.78, 5) is 10.1. The van der Waals surface area contributed by atoms with Gasteiger partial charge in [0.2, 0.25) is 11.8 Å². The van der Waals surface area contributed by atoms with Gasteiger partial charge in [0, 0.05) is 13.6 Å². The Morgan fingerprint density at radius 2 is 2.40 bits per heavy atom. The Kier molecular flexibility index (Phi) is 4.31. The highest BCUT2D eigenvalue weighted by Gasteiger charge is 2.08. The standard InChI is InChI=1S/C9H11BrN4O/c1-14(5-3-4-11)9-12-6-7(10)8(13-9)15-2/h6H,3,5H2,1-2H3. The molecule has 1 rings (SSSR count). The molecule has 0 spiro atoms. The molecule has 1 heterocycles. The van der Waals surface area contributed by atoms with Crippen LogP contribution in [0.15, 0.2) is 10.7 Å². The summed E-state index contributed by atoms with van der Waals surface area (Å²) >= 11 is 3.27. The van der Waals surface area contributed by atoms with E-state index in [-0.39, 0.29) is 0 Å². The first-order valence-corrected chi connectivity index (χ1v) is 5.13. The summed E-state index contributed by atoms with van der Waals surface area (Å²) in [5.74, 6) is 1.04. The second-order valence-electron chi connectivity index (χ2n) is 2.86. The number of aromatic nitrogens is 2. The van der Waals surface area contributed by atoms with E-state index in [9.17, 15) is 0 Å². The quantitative estimate of drug-likeness (QED) is 0.832. The van der Waals surface area contributed by atoms with Crippen LogP contribution in [0.4, 0.5) is 5.95 Å². The molecule has 0 aliphatic heterocycles. The van der Waals surface area contributed by atoms with Gasteiger partial charge in [0.15, 0.2) is 0 Å². The Bertz CT molecular complexity index is 377. The molecule has 0 N–H and O–H groups in total. The highest BCUT2D eigenvalue weighted by Crippen LogP contribution is 2.22. The van der Waals surface area contributed by atoms with Crippen molar-refractivity contribution in [2.75, 3.05) is 25.6 Å². The predicted octanol–water partition coefficient (Wildman–Crippen LogP) is 1.60. The van der Waals surface area contributed by atoms with E-state index < -0.39 is 0 Å². The molecular formula is C9H11BrN4O. The lowest BCUT2D eigenvalue weighted by atomic mass is 10.4. The third kappa shape index (κ3) is 3.06. The number of nitriles is 1. The number of anilines is 1. The van der Waals surface area contributed by atoms with Crippen LogP contribution in [0.1, 0.15) is 6.42 Å². The zero-order valence-corrected chi connectivity index (χ0v) is 10.2.